The number of hydrogen-bond donors (Lipinski definition) is 2. The lowest BCUT2D eigenvalue weighted by molar-refractivity contribution is 0.0695. The molecule has 0 atom stereocenters. The molecular formula is C13H19NO3. The molecule has 0 aromatic heterocycles. The Hall–Kier alpha value is -1.39. The van der Waals surface area contributed by atoms with E-state index in [1.807, 2.05) is 26.0 Å². The molecule has 17 heavy (non-hydrogen) atoms. The van der Waals surface area contributed by atoms with E-state index in [0.29, 0.717) is 18.7 Å². The number of rotatable bonds is 6. The molecule has 1 aromatic rings. The van der Waals surface area contributed by atoms with Crippen LogP contribution in [0.5, 0.6) is 0 Å². The number of carboxylic acid groups (broad SMARTS) is 1. The minimum absolute atomic E-state index is 0.180. The van der Waals surface area contributed by atoms with Gasteiger partial charge in [-0.05, 0) is 25.5 Å². The Bertz CT molecular complexity index is 388. The van der Waals surface area contributed by atoms with Crippen LogP contribution in [-0.2, 0) is 11.3 Å². The van der Waals surface area contributed by atoms with Crippen LogP contribution in [-0.4, -0.2) is 30.3 Å². The maximum atomic E-state index is 11.0. The first-order valence-corrected chi connectivity index (χ1v) is 5.51. The van der Waals surface area contributed by atoms with Gasteiger partial charge in [0.05, 0.1) is 12.2 Å². The number of aromatic carboxylic acids is 1. The summed E-state index contributed by atoms with van der Waals surface area (Å²) in [6.07, 6.45) is 0. The Labute approximate surface area is 102 Å². The Morgan fingerprint density at radius 2 is 2.06 bits per heavy atom. The quantitative estimate of drug-likeness (QED) is 0.793. The van der Waals surface area contributed by atoms with E-state index in [2.05, 4.69) is 5.32 Å². The van der Waals surface area contributed by atoms with Gasteiger partial charge < -0.3 is 15.2 Å². The van der Waals surface area contributed by atoms with Gasteiger partial charge in [-0.3, -0.25) is 0 Å². The third-order valence-corrected chi connectivity index (χ3v) is 2.51. The molecule has 94 valence electrons. The molecule has 0 heterocycles. The van der Waals surface area contributed by atoms with Gasteiger partial charge in [0, 0.05) is 19.2 Å². The highest BCUT2D eigenvalue weighted by Crippen LogP contribution is 2.11. The Kier molecular flexibility index (Phi) is 4.66. The van der Waals surface area contributed by atoms with E-state index in [4.69, 9.17) is 9.84 Å². The van der Waals surface area contributed by atoms with Crippen LogP contribution in [0, 0.1) is 0 Å². The first-order valence-electron chi connectivity index (χ1n) is 5.51. The van der Waals surface area contributed by atoms with Crippen LogP contribution >= 0.6 is 0 Å². The monoisotopic (exact) mass is 237 g/mol. The fraction of sp³-hybridized carbons (Fsp3) is 0.462. The van der Waals surface area contributed by atoms with Gasteiger partial charge in [-0.1, -0.05) is 18.2 Å². The van der Waals surface area contributed by atoms with E-state index in [1.54, 1.807) is 19.2 Å². The Morgan fingerprint density at radius 3 is 2.65 bits per heavy atom. The summed E-state index contributed by atoms with van der Waals surface area (Å²) in [5, 5.41) is 12.3. The number of carbonyl (C=O) groups is 1. The van der Waals surface area contributed by atoms with E-state index >= 15 is 0 Å². The van der Waals surface area contributed by atoms with Crippen molar-refractivity contribution in [3.63, 3.8) is 0 Å². The van der Waals surface area contributed by atoms with Crippen molar-refractivity contribution < 1.29 is 14.6 Å². The minimum atomic E-state index is -0.896. The van der Waals surface area contributed by atoms with E-state index in [-0.39, 0.29) is 5.54 Å². The summed E-state index contributed by atoms with van der Waals surface area (Å²) in [7, 11) is 1.65. The zero-order valence-electron chi connectivity index (χ0n) is 10.5. The molecular weight excluding hydrogens is 218 g/mol. The van der Waals surface area contributed by atoms with Crippen molar-refractivity contribution in [2.75, 3.05) is 13.7 Å². The molecule has 0 spiro atoms. The fourth-order valence-electron chi connectivity index (χ4n) is 1.63. The van der Waals surface area contributed by atoms with Gasteiger partial charge in [0.25, 0.3) is 0 Å². The number of nitrogens with one attached hydrogen (secondary N) is 1. The zero-order valence-corrected chi connectivity index (χ0v) is 10.5. The Balaban J connectivity index is 2.72. The van der Waals surface area contributed by atoms with Crippen LogP contribution in [0.4, 0.5) is 0 Å². The molecule has 0 saturated carbocycles. The van der Waals surface area contributed by atoms with Gasteiger partial charge in [-0.25, -0.2) is 4.79 Å². The molecule has 0 amide bonds. The second-order valence-electron chi connectivity index (χ2n) is 4.63. The van der Waals surface area contributed by atoms with Gasteiger partial charge in [0.1, 0.15) is 0 Å². The fourth-order valence-corrected chi connectivity index (χ4v) is 1.63. The summed E-state index contributed by atoms with van der Waals surface area (Å²) < 4.78 is 5.09. The first kappa shape index (κ1) is 13.7. The van der Waals surface area contributed by atoms with Crippen molar-refractivity contribution in [3.8, 4) is 0 Å². The number of benzene rings is 1. The van der Waals surface area contributed by atoms with Gasteiger partial charge >= 0.3 is 5.97 Å². The van der Waals surface area contributed by atoms with E-state index in [9.17, 15) is 4.79 Å². The van der Waals surface area contributed by atoms with Crippen molar-refractivity contribution >= 4 is 5.97 Å². The highest BCUT2D eigenvalue weighted by molar-refractivity contribution is 5.89. The van der Waals surface area contributed by atoms with Gasteiger partial charge in [-0.2, -0.15) is 0 Å². The molecule has 1 rings (SSSR count). The smallest absolute Gasteiger partial charge is 0.336 e. The van der Waals surface area contributed by atoms with E-state index in [1.165, 1.54) is 0 Å². The van der Waals surface area contributed by atoms with Gasteiger partial charge in [0.15, 0.2) is 0 Å². The summed E-state index contributed by atoms with van der Waals surface area (Å²) >= 11 is 0. The van der Waals surface area contributed by atoms with Crippen LogP contribution in [0.3, 0.4) is 0 Å². The van der Waals surface area contributed by atoms with Crippen molar-refractivity contribution in [1.82, 2.24) is 5.32 Å². The predicted molar refractivity (Wildman–Crippen MR) is 66.2 cm³/mol. The molecule has 4 nitrogen and oxygen atoms in total. The molecule has 0 aliphatic heterocycles. The zero-order chi connectivity index (χ0) is 12.9. The number of methoxy groups -OCH3 is 1. The first-order chi connectivity index (χ1) is 7.96. The van der Waals surface area contributed by atoms with E-state index in [0.717, 1.165) is 5.56 Å². The van der Waals surface area contributed by atoms with Crippen LogP contribution < -0.4 is 5.32 Å². The lowest BCUT2D eigenvalue weighted by Gasteiger charge is -2.25. The molecule has 0 fully saturated rings. The molecule has 2 N–H and O–H groups in total. The third kappa shape index (κ3) is 4.17. The topological polar surface area (TPSA) is 58.6 Å². The maximum absolute atomic E-state index is 11.0. The molecule has 0 aliphatic carbocycles. The average Bonchev–Trinajstić information content (AvgIpc) is 2.27. The summed E-state index contributed by atoms with van der Waals surface area (Å²) in [5.74, 6) is -0.896. The molecule has 0 bridgehead atoms. The van der Waals surface area contributed by atoms with Crippen LogP contribution in [0.2, 0.25) is 0 Å². The van der Waals surface area contributed by atoms with Crippen LogP contribution in [0.25, 0.3) is 0 Å². The van der Waals surface area contributed by atoms with E-state index < -0.39 is 5.97 Å². The standard InChI is InChI=1S/C13H19NO3/c1-13(2,9-17-3)14-8-10-6-4-5-7-11(10)12(15)16/h4-7,14H,8-9H2,1-3H3,(H,15,16). The second kappa shape index (κ2) is 5.80. The predicted octanol–water partition coefficient (Wildman–Crippen LogP) is 1.90. The Morgan fingerprint density at radius 1 is 1.41 bits per heavy atom. The summed E-state index contributed by atoms with van der Waals surface area (Å²) in [6, 6.07) is 7.00. The van der Waals surface area contributed by atoms with Crippen LogP contribution in [0.15, 0.2) is 24.3 Å². The van der Waals surface area contributed by atoms with Gasteiger partial charge in [0.2, 0.25) is 0 Å². The largest absolute Gasteiger partial charge is 0.478 e. The number of carboxylic acids is 1. The maximum Gasteiger partial charge on any atom is 0.336 e. The summed E-state index contributed by atoms with van der Waals surface area (Å²) in [6.45, 7) is 5.11. The lowest BCUT2D eigenvalue weighted by atomic mass is 10.0. The van der Waals surface area contributed by atoms with Gasteiger partial charge in [-0.15, -0.1) is 0 Å². The van der Waals surface area contributed by atoms with Crippen molar-refractivity contribution in [2.24, 2.45) is 0 Å². The van der Waals surface area contributed by atoms with Crippen molar-refractivity contribution in [1.29, 1.82) is 0 Å². The minimum Gasteiger partial charge on any atom is -0.478 e. The van der Waals surface area contributed by atoms with Crippen molar-refractivity contribution in [3.05, 3.63) is 35.4 Å². The van der Waals surface area contributed by atoms with Crippen LogP contribution in [0.1, 0.15) is 29.8 Å². The highest BCUT2D eigenvalue weighted by atomic mass is 16.5. The molecule has 4 heteroatoms. The molecule has 1 aromatic carbocycles. The molecule has 0 unspecified atom stereocenters. The second-order valence-corrected chi connectivity index (χ2v) is 4.63. The number of ether oxygens (including phenoxy) is 1. The van der Waals surface area contributed by atoms with Crippen molar-refractivity contribution in [2.45, 2.75) is 25.9 Å². The average molecular weight is 237 g/mol. The lowest BCUT2D eigenvalue weighted by Crippen LogP contribution is -2.42. The summed E-state index contributed by atoms with van der Waals surface area (Å²) in [5.41, 5.74) is 0.942. The third-order valence-electron chi connectivity index (χ3n) is 2.51. The number of hydrogen-bond acceptors (Lipinski definition) is 3. The highest BCUT2D eigenvalue weighted by Gasteiger charge is 2.17. The normalized spacial score (nSPS) is 11.5. The molecule has 0 radical (unpaired) electrons. The SMILES string of the molecule is COCC(C)(C)NCc1ccccc1C(=O)O. The molecule has 0 aliphatic rings. The molecule has 0 saturated heterocycles. The summed E-state index contributed by atoms with van der Waals surface area (Å²) in [4.78, 5) is 11.0.